The van der Waals surface area contributed by atoms with E-state index in [-0.39, 0.29) is 29.1 Å². The predicted octanol–water partition coefficient (Wildman–Crippen LogP) is 1.87. The Hall–Kier alpha value is -2.42. The van der Waals surface area contributed by atoms with E-state index in [9.17, 15) is 14.0 Å². The van der Waals surface area contributed by atoms with Crippen molar-refractivity contribution in [3.63, 3.8) is 0 Å². The average molecular weight is 339 g/mol. The van der Waals surface area contributed by atoms with Gasteiger partial charge in [0, 0.05) is 5.56 Å². The second kappa shape index (κ2) is 7.73. The summed E-state index contributed by atoms with van der Waals surface area (Å²) in [5.41, 5.74) is 0.468. The highest BCUT2D eigenvalue weighted by Gasteiger charge is 2.17. The van der Waals surface area contributed by atoms with Crippen LogP contribution in [-0.4, -0.2) is 38.6 Å². The van der Waals surface area contributed by atoms with E-state index in [1.54, 1.807) is 13.0 Å². The highest BCUT2D eigenvalue weighted by molar-refractivity contribution is 8.00. The van der Waals surface area contributed by atoms with Crippen molar-refractivity contribution < 1.29 is 23.6 Å². The Labute approximate surface area is 135 Å². The van der Waals surface area contributed by atoms with Crippen LogP contribution in [0.5, 0.6) is 0 Å². The molecule has 2 aromatic rings. The Balaban J connectivity index is 1.94. The minimum absolute atomic E-state index is 0.0154. The van der Waals surface area contributed by atoms with E-state index in [2.05, 4.69) is 15.5 Å². The third kappa shape index (κ3) is 5.06. The number of aliphatic carboxylic acids is 1. The van der Waals surface area contributed by atoms with Crippen LogP contribution in [-0.2, 0) is 9.59 Å². The fourth-order valence-electron chi connectivity index (χ4n) is 1.73. The number of hydrogen-bond acceptors (Lipinski definition) is 6. The Bertz CT molecular complexity index is 707. The van der Waals surface area contributed by atoms with Gasteiger partial charge in [-0.15, -0.1) is 11.8 Å². The summed E-state index contributed by atoms with van der Waals surface area (Å²) in [4.78, 5) is 26.2. The van der Waals surface area contributed by atoms with E-state index in [0.717, 1.165) is 11.8 Å². The van der Waals surface area contributed by atoms with Crippen molar-refractivity contribution in [2.24, 2.45) is 0 Å². The summed E-state index contributed by atoms with van der Waals surface area (Å²) >= 11 is 0.990. The summed E-state index contributed by atoms with van der Waals surface area (Å²) in [6, 6.07) is 5.22. The van der Waals surface area contributed by atoms with Crippen molar-refractivity contribution in [2.45, 2.75) is 13.0 Å². The number of carboxylic acids is 1. The molecule has 9 heteroatoms. The number of hydrogen-bond donors (Lipinski definition) is 2. The number of aromatic nitrogens is 2. The lowest BCUT2D eigenvalue weighted by Crippen LogP contribution is -2.28. The van der Waals surface area contributed by atoms with Crippen LogP contribution in [0.15, 0.2) is 28.8 Å². The number of carboxylic acid groups (broad SMARTS) is 1. The first kappa shape index (κ1) is 16.9. The number of halogens is 1. The lowest BCUT2D eigenvalue weighted by Gasteiger charge is -2.08. The summed E-state index contributed by atoms with van der Waals surface area (Å²) in [6.45, 7) is 1.66. The van der Waals surface area contributed by atoms with Crippen LogP contribution in [0.1, 0.15) is 18.9 Å². The highest BCUT2D eigenvalue weighted by atomic mass is 32.2. The number of thioether (sulfide) groups is 1. The monoisotopic (exact) mass is 339 g/mol. The van der Waals surface area contributed by atoms with Gasteiger partial charge in [0.1, 0.15) is 11.9 Å². The average Bonchev–Trinajstić information content (AvgIpc) is 2.96. The number of nitrogens with zero attached hydrogens (tertiary/aromatic N) is 2. The van der Waals surface area contributed by atoms with Gasteiger partial charge in [-0.1, -0.05) is 17.3 Å². The minimum Gasteiger partial charge on any atom is -0.481 e. The smallest absolute Gasteiger partial charge is 0.313 e. The molecule has 0 aliphatic carbocycles. The highest BCUT2D eigenvalue weighted by Crippen LogP contribution is 2.19. The molecule has 0 spiro atoms. The Morgan fingerprint density at radius 2 is 2.22 bits per heavy atom. The summed E-state index contributed by atoms with van der Waals surface area (Å²) < 4.78 is 18.2. The van der Waals surface area contributed by atoms with Crippen molar-refractivity contribution in [3.05, 3.63) is 36.0 Å². The van der Waals surface area contributed by atoms with Crippen molar-refractivity contribution in [1.29, 1.82) is 0 Å². The molecule has 1 aromatic heterocycles. The number of benzene rings is 1. The Morgan fingerprint density at radius 3 is 2.91 bits per heavy atom. The molecule has 7 nitrogen and oxygen atoms in total. The van der Waals surface area contributed by atoms with Gasteiger partial charge in [-0.05, 0) is 19.1 Å². The van der Waals surface area contributed by atoms with Gasteiger partial charge in [-0.25, -0.2) is 4.39 Å². The van der Waals surface area contributed by atoms with E-state index in [4.69, 9.17) is 9.63 Å². The Morgan fingerprint density at radius 1 is 1.43 bits per heavy atom. The number of amides is 1. The van der Waals surface area contributed by atoms with E-state index in [1.807, 2.05) is 0 Å². The van der Waals surface area contributed by atoms with E-state index in [0.29, 0.717) is 5.56 Å². The predicted molar refractivity (Wildman–Crippen MR) is 81.2 cm³/mol. The Kier molecular flexibility index (Phi) is 5.69. The largest absolute Gasteiger partial charge is 0.481 e. The van der Waals surface area contributed by atoms with Gasteiger partial charge in [0.05, 0.1) is 11.5 Å². The molecular formula is C14H14FN3O4S. The summed E-state index contributed by atoms with van der Waals surface area (Å²) in [5, 5.41) is 14.9. The van der Waals surface area contributed by atoms with Crippen molar-refractivity contribution >= 4 is 23.6 Å². The molecule has 1 atom stereocenters. The second-order valence-electron chi connectivity index (χ2n) is 4.64. The van der Waals surface area contributed by atoms with Gasteiger partial charge >= 0.3 is 5.97 Å². The van der Waals surface area contributed by atoms with E-state index < -0.39 is 17.8 Å². The molecule has 0 saturated heterocycles. The summed E-state index contributed by atoms with van der Waals surface area (Å²) in [6.07, 6.45) is 0. The molecule has 0 bridgehead atoms. The van der Waals surface area contributed by atoms with Crippen LogP contribution in [0.2, 0.25) is 0 Å². The molecule has 122 valence electrons. The fraction of sp³-hybridized carbons (Fsp3) is 0.286. The van der Waals surface area contributed by atoms with E-state index >= 15 is 0 Å². The molecule has 1 aromatic carbocycles. The molecule has 1 unspecified atom stereocenters. The molecule has 1 heterocycles. The molecule has 0 fully saturated rings. The maximum atomic E-state index is 13.2. The molecule has 0 radical (unpaired) electrons. The number of rotatable bonds is 7. The quantitative estimate of drug-likeness (QED) is 0.793. The van der Waals surface area contributed by atoms with E-state index in [1.165, 1.54) is 18.2 Å². The molecule has 2 rings (SSSR count). The SMILES string of the molecule is CC(NC(=O)CSCC(=O)O)c1nc(-c2cccc(F)c2)no1. The van der Waals surface area contributed by atoms with Crippen molar-refractivity contribution in [3.8, 4) is 11.4 Å². The molecule has 0 aliphatic heterocycles. The molecule has 2 N–H and O–H groups in total. The van der Waals surface area contributed by atoms with Gasteiger partial charge in [0.25, 0.3) is 0 Å². The first-order valence-corrected chi connectivity index (χ1v) is 7.79. The third-order valence-corrected chi connectivity index (χ3v) is 3.65. The van der Waals surface area contributed by atoms with Crippen molar-refractivity contribution in [1.82, 2.24) is 15.5 Å². The molecular weight excluding hydrogens is 325 g/mol. The maximum Gasteiger partial charge on any atom is 0.313 e. The number of carbonyl (C=O) groups is 2. The maximum absolute atomic E-state index is 13.2. The lowest BCUT2D eigenvalue weighted by atomic mass is 10.2. The lowest BCUT2D eigenvalue weighted by molar-refractivity contribution is -0.133. The van der Waals surface area contributed by atoms with Crippen LogP contribution in [0.4, 0.5) is 4.39 Å². The van der Waals surface area contributed by atoms with Crippen LogP contribution in [0, 0.1) is 5.82 Å². The summed E-state index contributed by atoms with van der Waals surface area (Å²) in [7, 11) is 0. The first-order chi connectivity index (χ1) is 11.0. The zero-order valence-electron chi connectivity index (χ0n) is 12.2. The van der Waals surface area contributed by atoms with Crippen molar-refractivity contribution in [2.75, 3.05) is 11.5 Å². The van der Waals surface area contributed by atoms with Gasteiger partial charge in [-0.3, -0.25) is 9.59 Å². The topological polar surface area (TPSA) is 105 Å². The zero-order valence-corrected chi connectivity index (χ0v) is 13.0. The summed E-state index contributed by atoms with van der Waals surface area (Å²) in [5.74, 6) is -1.46. The molecule has 0 aliphatic rings. The van der Waals surface area contributed by atoms with Crippen LogP contribution in [0.3, 0.4) is 0 Å². The van der Waals surface area contributed by atoms with Gasteiger partial charge in [-0.2, -0.15) is 4.98 Å². The fourth-order valence-corrected chi connectivity index (χ4v) is 2.28. The van der Waals surface area contributed by atoms with Gasteiger partial charge < -0.3 is 14.9 Å². The number of carbonyl (C=O) groups excluding carboxylic acids is 1. The normalized spacial score (nSPS) is 11.9. The first-order valence-electron chi connectivity index (χ1n) is 6.64. The third-order valence-electron chi connectivity index (χ3n) is 2.73. The van der Waals surface area contributed by atoms with Crippen LogP contribution >= 0.6 is 11.8 Å². The van der Waals surface area contributed by atoms with Gasteiger partial charge in [0.2, 0.25) is 17.6 Å². The van der Waals surface area contributed by atoms with Crippen LogP contribution in [0.25, 0.3) is 11.4 Å². The zero-order chi connectivity index (χ0) is 16.8. The van der Waals surface area contributed by atoms with Crippen LogP contribution < -0.4 is 5.32 Å². The second-order valence-corrected chi connectivity index (χ2v) is 5.63. The van der Waals surface area contributed by atoms with Gasteiger partial charge in [0.15, 0.2) is 0 Å². The minimum atomic E-state index is -0.979. The molecule has 0 saturated carbocycles. The molecule has 23 heavy (non-hydrogen) atoms. The standard InChI is InChI=1S/C14H14FN3O4S/c1-8(16-11(19)6-23-7-12(20)21)14-17-13(18-22-14)9-3-2-4-10(15)5-9/h2-5,8H,6-7H2,1H3,(H,16,19)(H,20,21). The number of nitrogens with one attached hydrogen (secondary N) is 1. The molecule has 1 amide bonds.